The number of nitriles is 1. The van der Waals surface area contributed by atoms with Crippen molar-refractivity contribution < 1.29 is 5.11 Å². The van der Waals surface area contributed by atoms with E-state index in [-0.39, 0.29) is 23.6 Å². The fourth-order valence-electron chi connectivity index (χ4n) is 4.83. The zero-order chi connectivity index (χ0) is 28.1. The number of halogens is 1. The molecule has 0 amide bonds. The fourth-order valence-corrected chi connectivity index (χ4v) is 5.93. The second kappa shape index (κ2) is 10.0. The second-order valence-corrected chi connectivity index (χ2v) is 12.8. The Bertz CT molecular complexity index is 1760. The highest BCUT2D eigenvalue weighted by Crippen LogP contribution is 2.43. The molecule has 3 aromatic heterocycles. The molecule has 0 saturated heterocycles. The van der Waals surface area contributed by atoms with Gasteiger partial charge in [-0.2, -0.15) is 5.26 Å². The minimum absolute atomic E-state index is 0.000189. The molecule has 3 N–H and O–H groups in total. The summed E-state index contributed by atoms with van der Waals surface area (Å²) in [5, 5.41) is 37.1. The maximum Gasteiger partial charge on any atom is 0.110 e. The van der Waals surface area contributed by atoms with Crippen molar-refractivity contribution in [1.82, 2.24) is 25.0 Å². The quantitative estimate of drug-likeness (QED) is 0.204. The zero-order valence-corrected chi connectivity index (χ0v) is 24.0. The van der Waals surface area contributed by atoms with Crippen molar-refractivity contribution in [3.8, 4) is 6.07 Å². The number of rotatable bonds is 8. The van der Waals surface area contributed by atoms with Crippen molar-refractivity contribution in [3.63, 3.8) is 0 Å². The third-order valence-electron chi connectivity index (χ3n) is 7.26. The van der Waals surface area contributed by atoms with Crippen LogP contribution in [-0.2, 0) is 5.54 Å². The van der Waals surface area contributed by atoms with Crippen LogP contribution in [0.2, 0.25) is 5.02 Å². The number of hydrogen-bond donors (Lipinski definition) is 3. The zero-order valence-electron chi connectivity index (χ0n) is 22.4. The highest BCUT2D eigenvalue weighted by molar-refractivity contribution is 7.17. The van der Waals surface area contributed by atoms with Crippen LogP contribution in [0.4, 0.5) is 11.4 Å². The van der Waals surface area contributed by atoms with Gasteiger partial charge < -0.3 is 15.7 Å². The summed E-state index contributed by atoms with van der Waals surface area (Å²) in [6, 6.07) is 11.7. The van der Waals surface area contributed by atoms with Gasteiger partial charge >= 0.3 is 0 Å². The van der Waals surface area contributed by atoms with Crippen molar-refractivity contribution in [1.29, 1.82) is 5.26 Å². The Labute approximate surface area is 240 Å². The van der Waals surface area contributed by atoms with Gasteiger partial charge in [0.05, 0.1) is 61.9 Å². The molecule has 1 aliphatic carbocycles. The Hall–Kier alpha value is -3.78. The first-order chi connectivity index (χ1) is 19.2. The lowest BCUT2D eigenvalue weighted by atomic mass is 9.96. The summed E-state index contributed by atoms with van der Waals surface area (Å²) in [6.07, 6.45) is 5.21. The molecule has 1 saturated carbocycles. The highest BCUT2D eigenvalue weighted by atomic mass is 35.5. The molecule has 1 atom stereocenters. The average molecular weight is 573 g/mol. The minimum Gasteiger partial charge on any atom is -0.394 e. The smallest absolute Gasteiger partial charge is 0.110 e. The molecule has 6 rings (SSSR count). The van der Waals surface area contributed by atoms with Gasteiger partial charge in [0.2, 0.25) is 0 Å². The summed E-state index contributed by atoms with van der Waals surface area (Å²) in [6.45, 7) is 7.10. The Morgan fingerprint density at radius 3 is 2.80 bits per heavy atom. The van der Waals surface area contributed by atoms with Crippen LogP contribution in [0.5, 0.6) is 0 Å². The molecule has 2 aromatic carbocycles. The molecule has 3 heterocycles. The summed E-state index contributed by atoms with van der Waals surface area (Å²) < 4.78 is 2.83. The van der Waals surface area contributed by atoms with Gasteiger partial charge in [0.25, 0.3) is 0 Å². The van der Waals surface area contributed by atoms with Crippen LogP contribution in [0.3, 0.4) is 0 Å². The molecule has 9 nitrogen and oxygen atoms in total. The number of benzene rings is 2. The molecule has 0 bridgehead atoms. The molecular formula is C29H29ClN8OS. The molecule has 40 heavy (non-hydrogen) atoms. The van der Waals surface area contributed by atoms with Crippen LogP contribution in [0.15, 0.2) is 48.2 Å². The van der Waals surface area contributed by atoms with E-state index in [0.29, 0.717) is 34.0 Å². The van der Waals surface area contributed by atoms with Gasteiger partial charge in [-0.05, 0) is 42.0 Å². The van der Waals surface area contributed by atoms with Gasteiger partial charge in [0.1, 0.15) is 11.8 Å². The molecular weight excluding hydrogens is 544 g/mol. The van der Waals surface area contributed by atoms with E-state index < -0.39 is 0 Å². The van der Waals surface area contributed by atoms with Crippen LogP contribution < -0.4 is 10.6 Å². The first-order valence-electron chi connectivity index (χ1n) is 13.1. The number of hydrogen-bond acceptors (Lipinski definition) is 9. The molecule has 0 spiro atoms. The largest absolute Gasteiger partial charge is 0.394 e. The lowest BCUT2D eigenvalue weighted by Gasteiger charge is -2.22. The van der Waals surface area contributed by atoms with Crippen LogP contribution in [-0.4, -0.2) is 43.2 Å². The van der Waals surface area contributed by atoms with Crippen LogP contribution in [0, 0.1) is 16.7 Å². The highest BCUT2D eigenvalue weighted by Gasteiger charge is 2.45. The molecule has 0 radical (unpaired) electrons. The van der Waals surface area contributed by atoms with Crippen LogP contribution >= 0.6 is 22.9 Å². The molecule has 0 aliphatic heterocycles. The third-order valence-corrected chi connectivity index (χ3v) is 8.44. The molecule has 1 unspecified atom stereocenters. The lowest BCUT2D eigenvalue weighted by Crippen LogP contribution is -2.22. The van der Waals surface area contributed by atoms with Crippen molar-refractivity contribution in [3.05, 3.63) is 70.1 Å². The first kappa shape index (κ1) is 26.4. The number of pyridine rings is 1. The van der Waals surface area contributed by atoms with Crippen molar-refractivity contribution in [2.24, 2.45) is 5.41 Å². The van der Waals surface area contributed by atoms with Gasteiger partial charge in [0, 0.05) is 23.8 Å². The lowest BCUT2D eigenvalue weighted by molar-refractivity contribution is 0.200. The first-order valence-corrected chi connectivity index (χ1v) is 14.4. The van der Waals surface area contributed by atoms with E-state index in [2.05, 4.69) is 63.8 Å². The van der Waals surface area contributed by atoms with Crippen LogP contribution in [0.1, 0.15) is 56.5 Å². The SMILES string of the molecule is CC(C)(C)CNc1c(C#N)cnc2c(Cl)cc(NC(c3cn(C4(CO)CC4)nn3)c3cccc4ncsc34)cc12. The number of nitrogens with zero attached hydrogens (tertiary/aromatic N) is 6. The summed E-state index contributed by atoms with van der Waals surface area (Å²) >= 11 is 8.35. The Kier molecular flexibility index (Phi) is 6.61. The van der Waals surface area contributed by atoms with Gasteiger partial charge in [0.15, 0.2) is 0 Å². The van der Waals surface area contributed by atoms with Crippen molar-refractivity contribution in [2.45, 2.75) is 45.2 Å². The summed E-state index contributed by atoms with van der Waals surface area (Å²) in [4.78, 5) is 9.00. The summed E-state index contributed by atoms with van der Waals surface area (Å²) in [7, 11) is 0. The monoisotopic (exact) mass is 572 g/mol. The minimum atomic E-state index is -0.376. The maximum atomic E-state index is 9.96. The Morgan fingerprint density at radius 1 is 1.25 bits per heavy atom. The van der Waals surface area contributed by atoms with Crippen molar-refractivity contribution in [2.75, 3.05) is 23.8 Å². The second-order valence-electron chi connectivity index (χ2n) is 11.5. The number of aliphatic hydroxyl groups excluding tert-OH is 1. The molecule has 1 aliphatic rings. The Morgan fingerprint density at radius 2 is 2.08 bits per heavy atom. The van der Waals surface area contributed by atoms with Gasteiger partial charge in [-0.25, -0.2) is 9.67 Å². The summed E-state index contributed by atoms with van der Waals surface area (Å²) in [5.74, 6) is 0. The number of thiazole rings is 1. The number of fused-ring (bicyclic) bond motifs is 2. The average Bonchev–Trinajstić information content (AvgIpc) is 3.31. The van der Waals surface area contributed by atoms with Gasteiger partial charge in [-0.3, -0.25) is 4.98 Å². The number of nitrogens with one attached hydrogen (secondary N) is 2. The van der Waals surface area contributed by atoms with Crippen LogP contribution in [0.25, 0.3) is 21.1 Å². The normalized spacial score (nSPS) is 15.2. The maximum absolute atomic E-state index is 9.96. The number of aliphatic hydroxyl groups is 1. The van der Waals surface area contributed by atoms with E-state index in [1.54, 1.807) is 22.2 Å². The molecule has 1 fully saturated rings. The predicted molar refractivity (Wildman–Crippen MR) is 159 cm³/mol. The molecule has 5 aromatic rings. The third kappa shape index (κ3) is 4.85. The number of aromatic nitrogens is 5. The van der Waals surface area contributed by atoms with Crippen molar-refractivity contribution >= 4 is 55.4 Å². The van der Waals surface area contributed by atoms with E-state index in [0.717, 1.165) is 39.7 Å². The standard InChI is InChI=1S/C29H29ClN8OS/c1-28(2,3)14-33-24-17(11-31)12-32-25-20(24)9-18(10-21(25)30)35-26(19-5-4-6-22-27(19)40-16-34-22)23-13-38(37-36-23)29(15-39)7-8-29/h4-6,9-10,12-13,16,26,35,39H,7-8,14-15H2,1-3H3,(H,32,33). The Balaban J connectivity index is 1.47. The fraction of sp³-hybridized carbons (Fsp3) is 0.345. The topological polar surface area (TPSA) is 125 Å². The van der Waals surface area contributed by atoms with E-state index in [1.807, 2.05) is 36.0 Å². The van der Waals surface area contributed by atoms with E-state index in [9.17, 15) is 10.4 Å². The van der Waals surface area contributed by atoms with E-state index in [4.69, 9.17) is 11.6 Å². The summed E-state index contributed by atoms with van der Waals surface area (Å²) in [5.41, 5.74) is 6.62. The molecule has 11 heteroatoms. The predicted octanol–water partition coefficient (Wildman–Crippen LogP) is 6.10. The molecule has 204 valence electrons. The van der Waals surface area contributed by atoms with E-state index >= 15 is 0 Å². The van der Waals surface area contributed by atoms with Gasteiger partial charge in [-0.15, -0.1) is 16.4 Å². The van der Waals surface area contributed by atoms with E-state index in [1.165, 1.54) is 0 Å². The number of anilines is 2. The van der Waals surface area contributed by atoms with Gasteiger partial charge in [-0.1, -0.05) is 49.7 Å².